The van der Waals surface area contributed by atoms with E-state index in [0.717, 1.165) is 16.2 Å². The van der Waals surface area contributed by atoms with Crippen LogP contribution in [0.2, 0.25) is 0 Å². The number of rotatable bonds is 7. The van der Waals surface area contributed by atoms with E-state index in [9.17, 15) is 19.8 Å². The van der Waals surface area contributed by atoms with Crippen LogP contribution in [0.25, 0.3) is 6.08 Å². The van der Waals surface area contributed by atoms with Gasteiger partial charge in [0.25, 0.3) is 5.91 Å². The van der Waals surface area contributed by atoms with E-state index in [4.69, 9.17) is 15.1 Å². The quantitative estimate of drug-likeness (QED) is 0.122. The van der Waals surface area contributed by atoms with Crippen molar-refractivity contribution in [2.75, 3.05) is 18.6 Å². The van der Waals surface area contributed by atoms with Crippen LogP contribution in [-0.4, -0.2) is 67.9 Å². The molecule has 2 aromatic rings. The Labute approximate surface area is 231 Å². The molecule has 1 fully saturated rings. The Balaban J connectivity index is 0.00000324. The molecule has 16 heteroatoms. The summed E-state index contributed by atoms with van der Waals surface area (Å²) >= 11 is 5.56. The first kappa shape index (κ1) is 26.4. The Morgan fingerprint density at radius 3 is 2.85 bits per heavy atom. The Morgan fingerprint density at radius 1 is 1.50 bits per heavy atom. The summed E-state index contributed by atoms with van der Waals surface area (Å²) in [5, 5.41) is 30.9. The fourth-order valence-electron chi connectivity index (χ4n) is 3.13. The zero-order chi connectivity index (χ0) is 23.7. The number of oxime groups is 1. The Morgan fingerprint density at radius 2 is 2.26 bits per heavy atom. The standard InChI is InChI=1S/C18H15BrN6O6S2.Na/c1-30-24-11(9-6-33-18(20)21-9)14(26)22-12-15(27)25-13(17(28)29)7(5-32-16(12)25)2-3-8-4-10(19)23-31-8;/h2-4,6,12,16H,5H2,1H3,(H2,20,21)(H,22,26)(H,28,29);/q;+1/p-1/b3-2+,24-11-;. The number of thiazole rings is 1. The second-order valence-corrected chi connectivity index (χ2v) is 9.35. The van der Waals surface area contributed by atoms with Crippen LogP contribution in [0.5, 0.6) is 0 Å². The number of carboxylic acid groups (broad SMARTS) is 1. The number of hydrogen-bond donors (Lipinski definition) is 2. The molecule has 0 aliphatic carbocycles. The first-order valence-electron chi connectivity index (χ1n) is 9.09. The summed E-state index contributed by atoms with van der Waals surface area (Å²) in [6.45, 7) is 0. The number of carboxylic acids is 1. The van der Waals surface area contributed by atoms with Crippen LogP contribution in [0.1, 0.15) is 11.5 Å². The Kier molecular flexibility index (Phi) is 8.59. The van der Waals surface area contributed by atoms with Gasteiger partial charge in [-0.3, -0.25) is 14.7 Å². The maximum absolute atomic E-state index is 12.8. The molecule has 2 aliphatic heterocycles. The van der Waals surface area contributed by atoms with Gasteiger partial charge in [-0.15, -0.1) is 23.1 Å². The van der Waals surface area contributed by atoms with E-state index in [1.54, 1.807) is 18.2 Å². The molecule has 4 rings (SSSR count). The Hall–Kier alpha value is -2.17. The minimum absolute atomic E-state index is 0. The van der Waals surface area contributed by atoms with E-state index in [0.29, 0.717) is 15.9 Å². The van der Waals surface area contributed by atoms with Crippen molar-refractivity contribution >= 4 is 73.7 Å². The van der Waals surface area contributed by atoms with E-state index in [1.807, 2.05) is 0 Å². The molecular weight excluding hydrogens is 563 g/mol. The molecule has 34 heavy (non-hydrogen) atoms. The van der Waals surface area contributed by atoms with Gasteiger partial charge in [-0.05, 0) is 27.6 Å². The SMILES string of the molecule is CO/N=C(\C([O-])=NC1C(=O)N2C(C(=O)O)=C(/C=C/c3cc(Br)no3)CSC12)c1csc(N)n1.[Na+]. The van der Waals surface area contributed by atoms with Gasteiger partial charge in [0.2, 0.25) is 0 Å². The number of carbonyl (C=O) groups is 2. The van der Waals surface area contributed by atoms with Crippen LogP contribution in [-0.2, 0) is 14.4 Å². The zero-order valence-electron chi connectivity index (χ0n) is 17.7. The third-order valence-electron chi connectivity index (χ3n) is 4.53. The average molecular weight is 577 g/mol. The Bertz CT molecular complexity index is 1240. The average Bonchev–Trinajstić information content (AvgIpc) is 3.40. The number of nitrogen functional groups attached to an aromatic ring is 1. The number of β-lactam (4-membered cyclic amide) rings is 1. The number of aliphatic imine (C=N–C) groups is 1. The molecule has 0 aromatic carbocycles. The molecule has 1 saturated heterocycles. The van der Waals surface area contributed by atoms with E-state index in [-0.39, 0.29) is 57.5 Å². The summed E-state index contributed by atoms with van der Waals surface area (Å²) < 4.78 is 5.54. The number of amides is 1. The van der Waals surface area contributed by atoms with Crippen molar-refractivity contribution in [2.24, 2.45) is 10.1 Å². The topological polar surface area (TPSA) is 180 Å². The smallest absolute Gasteiger partial charge is 0.857 e. The fraction of sp³-hybridized carbons (Fsp3) is 0.222. The molecule has 1 amide bonds. The number of nitrogens with two attached hydrogens (primary N) is 1. The van der Waals surface area contributed by atoms with Crippen molar-refractivity contribution in [3.63, 3.8) is 0 Å². The van der Waals surface area contributed by atoms with Gasteiger partial charge in [0.15, 0.2) is 16.9 Å². The number of fused-ring (bicyclic) bond motifs is 1. The minimum Gasteiger partial charge on any atom is -0.857 e. The number of nitrogens with zero attached hydrogens (tertiary/aromatic N) is 5. The van der Waals surface area contributed by atoms with Crippen molar-refractivity contribution in [3.05, 3.63) is 44.8 Å². The molecule has 2 aromatic heterocycles. The summed E-state index contributed by atoms with van der Waals surface area (Å²) in [6, 6.07) is 0.548. The van der Waals surface area contributed by atoms with E-state index < -0.39 is 29.2 Å². The third-order valence-corrected chi connectivity index (χ3v) is 6.86. The maximum atomic E-state index is 12.8. The maximum Gasteiger partial charge on any atom is 1.00 e. The predicted molar refractivity (Wildman–Crippen MR) is 122 cm³/mol. The van der Waals surface area contributed by atoms with E-state index in [2.05, 4.69) is 36.2 Å². The van der Waals surface area contributed by atoms with Crippen LogP contribution < -0.4 is 40.4 Å². The molecule has 2 aliphatic rings. The minimum atomic E-state index is -1.27. The van der Waals surface area contributed by atoms with Crippen molar-refractivity contribution in [3.8, 4) is 0 Å². The van der Waals surface area contributed by atoms with Crippen molar-refractivity contribution < 1.29 is 58.7 Å². The molecular formula is C18H14BrN6NaO6S2. The number of aromatic nitrogens is 2. The van der Waals surface area contributed by atoms with Gasteiger partial charge < -0.3 is 25.3 Å². The molecule has 0 radical (unpaired) electrons. The van der Waals surface area contributed by atoms with Gasteiger partial charge in [-0.1, -0.05) is 16.4 Å². The summed E-state index contributed by atoms with van der Waals surface area (Å²) in [5.74, 6) is -2.00. The molecule has 0 saturated carbocycles. The van der Waals surface area contributed by atoms with Crippen LogP contribution in [0, 0.1) is 0 Å². The molecule has 0 spiro atoms. The normalized spacial score (nSPS) is 20.8. The molecule has 0 bridgehead atoms. The second-order valence-electron chi connectivity index (χ2n) is 6.55. The first-order chi connectivity index (χ1) is 15.8. The number of allylic oxidation sites excluding steroid dienone is 1. The summed E-state index contributed by atoms with van der Waals surface area (Å²) in [4.78, 5) is 38.5. The van der Waals surface area contributed by atoms with Gasteiger partial charge in [0.1, 0.15) is 34.2 Å². The second kappa shape index (κ2) is 11.0. The predicted octanol–water partition coefficient (Wildman–Crippen LogP) is -2.08. The zero-order valence-corrected chi connectivity index (χ0v) is 22.9. The van der Waals surface area contributed by atoms with Gasteiger partial charge in [0.05, 0.1) is 0 Å². The van der Waals surface area contributed by atoms with Crippen LogP contribution in [0.3, 0.4) is 0 Å². The van der Waals surface area contributed by atoms with Crippen LogP contribution in [0.4, 0.5) is 5.13 Å². The number of halogens is 1. The molecule has 2 atom stereocenters. The monoisotopic (exact) mass is 576 g/mol. The van der Waals surface area contributed by atoms with Crippen LogP contribution >= 0.6 is 39.0 Å². The van der Waals surface area contributed by atoms with Crippen molar-refractivity contribution in [2.45, 2.75) is 11.4 Å². The molecule has 2 unspecified atom stereocenters. The summed E-state index contributed by atoms with van der Waals surface area (Å²) in [6.07, 6.45) is 3.11. The van der Waals surface area contributed by atoms with E-state index in [1.165, 1.54) is 24.3 Å². The molecule has 12 nitrogen and oxygen atoms in total. The number of carbonyl (C=O) groups excluding carboxylic acids is 1. The number of anilines is 1. The summed E-state index contributed by atoms with van der Waals surface area (Å²) in [7, 11) is 1.26. The van der Waals surface area contributed by atoms with Crippen LogP contribution in [0.15, 0.2) is 48.1 Å². The third kappa shape index (κ3) is 5.23. The number of hydrogen-bond acceptors (Lipinski definition) is 12. The first-order valence-corrected chi connectivity index (χ1v) is 11.8. The fourth-order valence-corrected chi connectivity index (χ4v) is 5.28. The molecule has 4 heterocycles. The van der Waals surface area contributed by atoms with E-state index >= 15 is 0 Å². The number of thioether (sulfide) groups is 1. The molecule has 172 valence electrons. The van der Waals surface area contributed by atoms with Crippen molar-refractivity contribution in [1.29, 1.82) is 0 Å². The molecule has 3 N–H and O–H groups in total. The van der Waals surface area contributed by atoms with Gasteiger partial charge >= 0.3 is 35.5 Å². The van der Waals surface area contributed by atoms with Gasteiger partial charge in [-0.2, -0.15) is 0 Å². The van der Waals surface area contributed by atoms with Crippen molar-refractivity contribution in [1.82, 2.24) is 15.0 Å². The largest absolute Gasteiger partial charge is 1.00 e. The number of aliphatic carboxylic acids is 1. The van der Waals surface area contributed by atoms with Gasteiger partial charge in [0, 0.05) is 23.1 Å². The summed E-state index contributed by atoms with van der Waals surface area (Å²) in [5.41, 5.74) is 5.82. The van der Waals surface area contributed by atoms with Gasteiger partial charge in [-0.25, -0.2) is 9.78 Å².